The average molecular weight is 380 g/mol. The van der Waals surface area contributed by atoms with E-state index in [4.69, 9.17) is 0 Å². The van der Waals surface area contributed by atoms with Gasteiger partial charge in [-0.2, -0.15) is 0 Å². The standard InChI is InChI=1S/C17H21N3O3S2/c1-20(2)16(21)12-7-6-8-13(11-12)25(22,23)19-17-18-14-9-4-3-5-10-15(14)24-17/h6-8,11H,3-5,9-10H2,1-2H3,(H,18,19). The number of benzene rings is 1. The molecule has 0 radical (unpaired) electrons. The molecule has 0 unspecified atom stereocenters. The molecule has 0 saturated carbocycles. The number of rotatable bonds is 4. The molecule has 25 heavy (non-hydrogen) atoms. The van der Waals surface area contributed by atoms with Crippen molar-refractivity contribution in [3.05, 3.63) is 40.4 Å². The number of carbonyl (C=O) groups is 1. The third-order valence-electron chi connectivity index (χ3n) is 4.11. The average Bonchev–Trinajstić information content (AvgIpc) is 2.81. The van der Waals surface area contributed by atoms with E-state index < -0.39 is 10.0 Å². The molecule has 2 aromatic rings. The molecule has 134 valence electrons. The molecule has 6 nitrogen and oxygen atoms in total. The molecule has 1 aliphatic rings. The number of thiazole rings is 1. The van der Waals surface area contributed by atoms with Gasteiger partial charge >= 0.3 is 0 Å². The van der Waals surface area contributed by atoms with Gasteiger partial charge in [0.1, 0.15) is 0 Å². The minimum absolute atomic E-state index is 0.0607. The molecule has 0 spiro atoms. The summed E-state index contributed by atoms with van der Waals surface area (Å²) in [4.78, 5) is 19.2. The van der Waals surface area contributed by atoms with Gasteiger partial charge in [-0.15, -0.1) is 11.3 Å². The van der Waals surface area contributed by atoms with Crippen molar-refractivity contribution in [1.82, 2.24) is 9.88 Å². The third-order valence-corrected chi connectivity index (χ3v) is 6.65. The van der Waals surface area contributed by atoms with Crippen LogP contribution in [0.5, 0.6) is 0 Å². The molecule has 1 heterocycles. The van der Waals surface area contributed by atoms with Gasteiger partial charge in [-0.1, -0.05) is 12.5 Å². The summed E-state index contributed by atoms with van der Waals surface area (Å²) in [5, 5.41) is 0.399. The Morgan fingerprint density at radius 1 is 1.20 bits per heavy atom. The van der Waals surface area contributed by atoms with E-state index >= 15 is 0 Å². The first-order valence-electron chi connectivity index (χ1n) is 8.20. The van der Waals surface area contributed by atoms with Gasteiger partial charge in [-0.25, -0.2) is 13.4 Å². The van der Waals surface area contributed by atoms with E-state index in [1.165, 1.54) is 39.7 Å². The Bertz CT molecular complexity index is 865. The van der Waals surface area contributed by atoms with Crippen molar-refractivity contribution in [1.29, 1.82) is 0 Å². The quantitative estimate of drug-likeness (QED) is 0.829. The SMILES string of the molecule is CN(C)C(=O)c1cccc(S(=O)(=O)Nc2nc3c(s2)CCCCC3)c1. The van der Waals surface area contributed by atoms with Gasteiger partial charge in [-0.3, -0.25) is 9.52 Å². The maximum atomic E-state index is 12.7. The molecule has 8 heteroatoms. The number of amides is 1. The molecule has 0 aliphatic heterocycles. The molecule has 3 rings (SSSR count). The van der Waals surface area contributed by atoms with Crippen LogP contribution in [0, 0.1) is 0 Å². The van der Waals surface area contributed by atoms with E-state index in [1.54, 1.807) is 26.2 Å². The van der Waals surface area contributed by atoms with Gasteiger partial charge in [0.05, 0.1) is 10.6 Å². The monoisotopic (exact) mass is 379 g/mol. The van der Waals surface area contributed by atoms with Crippen LogP contribution in [-0.4, -0.2) is 38.3 Å². The predicted molar refractivity (Wildman–Crippen MR) is 98.6 cm³/mol. The molecular weight excluding hydrogens is 358 g/mol. The topological polar surface area (TPSA) is 79.4 Å². The van der Waals surface area contributed by atoms with Crippen molar-refractivity contribution in [2.75, 3.05) is 18.8 Å². The summed E-state index contributed by atoms with van der Waals surface area (Å²) in [6.07, 6.45) is 5.27. The molecule has 1 aromatic carbocycles. The highest BCUT2D eigenvalue weighted by Crippen LogP contribution is 2.30. The lowest BCUT2D eigenvalue weighted by molar-refractivity contribution is 0.0827. The first kappa shape index (κ1) is 17.9. The Morgan fingerprint density at radius 3 is 2.72 bits per heavy atom. The molecule has 0 bridgehead atoms. The highest BCUT2D eigenvalue weighted by Gasteiger charge is 2.21. The molecule has 1 amide bonds. The Morgan fingerprint density at radius 2 is 1.96 bits per heavy atom. The molecule has 0 atom stereocenters. The maximum absolute atomic E-state index is 12.7. The summed E-state index contributed by atoms with van der Waals surface area (Å²) in [7, 11) is -0.518. The zero-order valence-electron chi connectivity index (χ0n) is 14.3. The van der Waals surface area contributed by atoms with E-state index in [2.05, 4.69) is 9.71 Å². The molecular formula is C17H21N3O3S2. The van der Waals surface area contributed by atoms with E-state index in [-0.39, 0.29) is 10.8 Å². The van der Waals surface area contributed by atoms with Crippen LogP contribution in [0.3, 0.4) is 0 Å². The summed E-state index contributed by atoms with van der Waals surface area (Å²) < 4.78 is 27.9. The Labute approximate surface area is 151 Å². The van der Waals surface area contributed by atoms with E-state index in [0.29, 0.717) is 10.7 Å². The summed E-state index contributed by atoms with van der Waals surface area (Å²) in [5.74, 6) is -0.238. The fourth-order valence-electron chi connectivity index (χ4n) is 2.80. The second kappa shape index (κ2) is 7.13. The number of fused-ring (bicyclic) bond motifs is 1. The maximum Gasteiger partial charge on any atom is 0.263 e. The second-order valence-corrected chi connectivity index (χ2v) is 9.05. The van der Waals surface area contributed by atoms with E-state index in [9.17, 15) is 13.2 Å². The van der Waals surface area contributed by atoms with Gasteiger partial charge in [0.2, 0.25) is 0 Å². The van der Waals surface area contributed by atoms with Crippen molar-refractivity contribution in [3.8, 4) is 0 Å². The van der Waals surface area contributed by atoms with Crippen molar-refractivity contribution in [2.24, 2.45) is 0 Å². The number of nitrogens with one attached hydrogen (secondary N) is 1. The number of nitrogens with zero attached hydrogens (tertiary/aromatic N) is 2. The summed E-state index contributed by atoms with van der Waals surface area (Å²) in [6.45, 7) is 0. The zero-order valence-corrected chi connectivity index (χ0v) is 15.9. The number of aryl methyl sites for hydroxylation is 2. The van der Waals surface area contributed by atoms with Crippen LogP contribution in [0.4, 0.5) is 5.13 Å². The van der Waals surface area contributed by atoms with Crippen molar-refractivity contribution in [2.45, 2.75) is 37.0 Å². The van der Waals surface area contributed by atoms with Crippen LogP contribution < -0.4 is 4.72 Å². The van der Waals surface area contributed by atoms with Crippen molar-refractivity contribution >= 4 is 32.4 Å². The van der Waals surface area contributed by atoms with E-state index in [0.717, 1.165) is 31.4 Å². The first-order valence-corrected chi connectivity index (χ1v) is 10.5. The fourth-order valence-corrected chi connectivity index (χ4v) is 5.13. The second-order valence-electron chi connectivity index (χ2n) is 6.28. The van der Waals surface area contributed by atoms with Crippen LogP contribution in [-0.2, 0) is 22.9 Å². The number of hydrogen-bond donors (Lipinski definition) is 1. The smallest absolute Gasteiger partial charge is 0.263 e. The van der Waals surface area contributed by atoms with Gasteiger partial charge in [0.25, 0.3) is 15.9 Å². The molecule has 1 aliphatic carbocycles. The lowest BCUT2D eigenvalue weighted by atomic mass is 10.2. The predicted octanol–water partition coefficient (Wildman–Crippen LogP) is 2.91. The first-order chi connectivity index (χ1) is 11.9. The van der Waals surface area contributed by atoms with Crippen LogP contribution in [0.25, 0.3) is 0 Å². The third kappa shape index (κ3) is 4.01. The number of hydrogen-bond acceptors (Lipinski definition) is 5. The highest BCUT2D eigenvalue weighted by molar-refractivity contribution is 7.93. The Kier molecular flexibility index (Phi) is 5.10. The summed E-state index contributed by atoms with van der Waals surface area (Å²) in [6, 6.07) is 6.05. The Hall–Kier alpha value is -1.93. The van der Waals surface area contributed by atoms with Gasteiger partial charge in [0, 0.05) is 24.5 Å². The number of anilines is 1. The molecule has 0 saturated heterocycles. The number of sulfonamides is 1. The van der Waals surface area contributed by atoms with Crippen LogP contribution in [0.2, 0.25) is 0 Å². The minimum atomic E-state index is -3.78. The highest BCUT2D eigenvalue weighted by atomic mass is 32.2. The van der Waals surface area contributed by atoms with Gasteiger partial charge in [-0.05, 0) is 43.9 Å². The zero-order chi connectivity index (χ0) is 18.0. The van der Waals surface area contributed by atoms with E-state index in [1.807, 2.05) is 0 Å². The summed E-state index contributed by atoms with van der Waals surface area (Å²) in [5.41, 5.74) is 1.35. The normalized spacial score (nSPS) is 14.5. The largest absolute Gasteiger partial charge is 0.345 e. The Balaban J connectivity index is 1.85. The molecule has 1 N–H and O–H groups in total. The van der Waals surface area contributed by atoms with Gasteiger partial charge in [0.15, 0.2) is 5.13 Å². The van der Waals surface area contributed by atoms with Gasteiger partial charge < -0.3 is 4.90 Å². The summed E-state index contributed by atoms with van der Waals surface area (Å²) >= 11 is 1.41. The molecule has 1 aromatic heterocycles. The van der Waals surface area contributed by atoms with Crippen LogP contribution in [0.1, 0.15) is 40.2 Å². The number of carbonyl (C=O) groups excluding carboxylic acids is 1. The minimum Gasteiger partial charge on any atom is -0.345 e. The lowest BCUT2D eigenvalue weighted by Gasteiger charge is -2.11. The number of aromatic nitrogens is 1. The van der Waals surface area contributed by atoms with Crippen LogP contribution in [0.15, 0.2) is 29.2 Å². The fraction of sp³-hybridized carbons (Fsp3) is 0.412. The lowest BCUT2D eigenvalue weighted by Crippen LogP contribution is -2.22. The van der Waals surface area contributed by atoms with Crippen LogP contribution >= 0.6 is 11.3 Å². The van der Waals surface area contributed by atoms with Crippen molar-refractivity contribution in [3.63, 3.8) is 0 Å². The van der Waals surface area contributed by atoms with Crippen molar-refractivity contribution < 1.29 is 13.2 Å². The molecule has 0 fully saturated rings.